The highest BCUT2D eigenvalue weighted by molar-refractivity contribution is 9.10. The molecule has 0 unspecified atom stereocenters. The van der Waals surface area contributed by atoms with Crippen LogP contribution < -0.4 is 5.32 Å². The van der Waals surface area contributed by atoms with Crippen molar-refractivity contribution < 1.29 is 0 Å². The minimum Gasteiger partial charge on any atom is -0.378 e. The van der Waals surface area contributed by atoms with Crippen molar-refractivity contribution in [3.63, 3.8) is 0 Å². The first-order valence-electron chi connectivity index (χ1n) is 5.36. The zero-order valence-electron chi connectivity index (χ0n) is 9.97. The fourth-order valence-corrected chi connectivity index (χ4v) is 2.52. The fourth-order valence-electron chi connectivity index (χ4n) is 1.68. The standard InChI is InChI=1S/C12H12BrCl2N3/c1-7-5-8(18(2)17-7)6-16-10-4-3-9(13)11(14)12(10)15/h3-5,16H,6H2,1-2H3. The molecule has 0 saturated carbocycles. The number of nitrogens with zero attached hydrogens (tertiary/aromatic N) is 2. The van der Waals surface area contributed by atoms with Crippen LogP contribution in [0.25, 0.3) is 0 Å². The normalized spacial score (nSPS) is 10.7. The van der Waals surface area contributed by atoms with Crippen molar-refractivity contribution in [1.82, 2.24) is 9.78 Å². The lowest BCUT2D eigenvalue weighted by atomic mass is 10.3. The third-order valence-corrected chi connectivity index (χ3v) is 4.37. The molecule has 1 aromatic heterocycles. The van der Waals surface area contributed by atoms with Crippen LogP contribution in [0.3, 0.4) is 0 Å². The molecule has 0 saturated heterocycles. The Kier molecular flexibility index (Phi) is 4.20. The van der Waals surface area contributed by atoms with Gasteiger partial charge in [-0.05, 0) is 41.1 Å². The first-order chi connectivity index (χ1) is 8.49. The van der Waals surface area contributed by atoms with E-state index in [2.05, 4.69) is 26.3 Å². The van der Waals surface area contributed by atoms with Gasteiger partial charge in [0.05, 0.1) is 33.7 Å². The van der Waals surface area contributed by atoms with Crippen molar-refractivity contribution in [3.8, 4) is 0 Å². The van der Waals surface area contributed by atoms with E-state index in [4.69, 9.17) is 23.2 Å². The minimum atomic E-state index is 0.517. The number of hydrogen-bond acceptors (Lipinski definition) is 2. The Labute approximate surface area is 124 Å². The average molecular weight is 349 g/mol. The molecule has 0 aliphatic rings. The molecule has 0 spiro atoms. The Balaban J connectivity index is 2.16. The van der Waals surface area contributed by atoms with E-state index in [-0.39, 0.29) is 0 Å². The van der Waals surface area contributed by atoms with Gasteiger partial charge in [0, 0.05) is 11.5 Å². The minimum absolute atomic E-state index is 0.517. The second-order valence-electron chi connectivity index (χ2n) is 3.98. The Morgan fingerprint density at radius 1 is 1.33 bits per heavy atom. The molecule has 1 aromatic carbocycles. The van der Waals surface area contributed by atoms with Gasteiger partial charge in [-0.3, -0.25) is 4.68 Å². The molecule has 1 N–H and O–H groups in total. The van der Waals surface area contributed by atoms with Gasteiger partial charge in [-0.25, -0.2) is 0 Å². The number of anilines is 1. The summed E-state index contributed by atoms with van der Waals surface area (Å²) in [5.74, 6) is 0. The van der Waals surface area contributed by atoms with Crippen LogP contribution in [0.5, 0.6) is 0 Å². The van der Waals surface area contributed by atoms with Crippen LogP contribution in [-0.2, 0) is 13.6 Å². The van der Waals surface area contributed by atoms with Crippen LogP contribution in [0.15, 0.2) is 22.7 Å². The SMILES string of the molecule is Cc1cc(CNc2ccc(Br)c(Cl)c2Cl)n(C)n1. The quantitative estimate of drug-likeness (QED) is 0.832. The van der Waals surface area contributed by atoms with E-state index in [9.17, 15) is 0 Å². The Morgan fingerprint density at radius 3 is 2.67 bits per heavy atom. The van der Waals surface area contributed by atoms with Crippen molar-refractivity contribution in [2.45, 2.75) is 13.5 Å². The van der Waals surface area contributed by atoms with Gasteiger partial charge >= 0.3 is 0 Å². The summed E-state index contributed by atoms with van der Waals surface area (Å²) in [6.07, 6.45) is 0. The second-order valence-corrected chi connectivity index (χ2v) is 5.59. The van der Waals surface area contributed by atoms with Gasteiger partial charge in [-0.15, -0.1) is 0 Å². The molecule has 0 atom stereocenters. The first kappa shape index (κ1) is 13.7. The van der Waals surface area contributed by atoms with Gasteiger partial charge in [0.1, 0.15) is 0 Å². The molecule has 1 heterocycles. The number of aryl methyl sites for hydroxylation is 2. The summed E-state index contributed by atoms with van der Waals surface area (Å²) >= 11 is 15.6. The number of nitrogens with one attached hydrogen (secondary N) is 1. The number of hydrogen-bond donors (Lipinski definition) is 1. The maximum absolute atomic E-state index is 6.16. The summed E-state index contributed by atoms with van der Waals surface area (Å²) in [4.78, 5) is 0. The molecule has 0 aliphatic heterocycles. The van der Waals surface area contributed by atoms with E-state index in [0.29, 0.717) is 16.6 Å². The second kappa shape index (κ2) is 5.51. The van der Waals surface area contributed by atoms with Gasteiger partial charge < -0.3 is 5.32 Å². The van der Waals surface area contributed by atoms with Crippen molar-refractivity contribution in [1.29, 1.82) is 0 Å². The summed E-state index contributed by atoms with van der Waals surface area (Å²) in [7, 11) is 1.92. The lowest BCUT2D eigenvalue weighted by Gasteiger charge is -2.10. The fraction of sp³-hybridized carbons (Fsp3) is 0.250. The number of aromatic nitrogens is 2. The molecule has 2 aromatic rings. The molecule has 0 bridgehead atoms. The van der Waals surface area contributed by atoms with E-state index in [1.807, 2.05) is 36.9 Å². The Morgan fingerprint density at radius 2 is 2.06 bits per heavy atom. The summed E-state index contributed by atoms with van der Waals surface area (Å²) in [5, 5.41) is 8.58. The van der Waals surface area contributed by atoms with E-state index in [1.165, 1.54) is 0 Å². The average Bonchev–Trinajstić information content (AvgIpc) is 2.64. The lowest BCUT2D eigenvalue weighted by molar-refractivity contribution is 0.713. The van der Waals surface area contributed by atoms with E-state index < -0.39 is 0 Å². The number of halogens is 3. The molecular weight excluding hydrogens is 337 g/mol. The van der Waals surface area contributed by atoms with Crippen LogP contribution in [0.4, 0.5) is 5.69 Å². The summed E-state index contributed by atoms with van der Waals surface area (Å²) in [5.41, 5.74) is 2.89. The van der Waals surface area contributed by atoms with Crippen molar-refractivity contribution in [3.05, 3.63) is 44.1 Å². The number of benzene rings is 1. The molecule has 96 valence electrons. The van der Waals surface area contributed by atoms with E-state index in [1.54, 1.807) is 0 Å². The van der Waals surface area contributed by atoms with E-state index >= 15 is 0 Å². The smallest absolute Gasteiger partial charge is 0.0835 e. The molecule has 0 radical (unpaired) electrons. The highest BCUT2D eigenvalue weighted by atomic mass is 79.9. The van der Waals surface area contributed by atoms with Crippen molar-refractivity contribution in [2.24, 2.45) is 7.05 Å². The Bertz CT molecular complexity index is 581. The zero-order valence-corrected chi connectivity index (χ0v) is 13.1. The molecule has 3 nitrogen and oxygen atoms in total. The van der Waals surface area contributed by atoms with Gasteiger partial charge in [0.15, 0.2) is 0 Å². The molecule has 0 aliphatic carbocycles. The Hall–Kier alpha value is -0.710. The molecule has 2 rings (SSSR count). The predicted molar refractivity (Wildman–Crippen MR) is 79.4 cm³/mol. The largest absolute Gasteiger partial charge is 0.378 e. The lowest BCUT2D eigenvalue weighted by Crippen LogP contribution is -2.05. The van der Waals surface area contributed by atoms with Crippen LogP contribution in [0.2, 0.25) is 10.0 Å². The monoisotopic (exact) mass is 347 g/mol. The highest BCUT2D eigenvalue weighted by Crippen LogP contribution is 2.35. The molecule has 18 heavy (non-hydrogen) atoms. The highest BCUT2D eigenvalue weighted by Gasteiger charge is 2.09. The van der Waals surface area contributed by atoms with Gasteiger partial charge in [0.2, 0.25) is 0 Å². The van der Waals surface area contributed by atoms with Crippen LogP contribution in [0, 0.1) is 6.92 Å². The van der Waals surface area contributed by atoms with Crippen molar-refractivity contribution in [2.75, 3.05) is 5.32 Å². The summed E-state index contributed by atoms with van der Waals surface area (Å²) in [6.45, 7) is 2.61. The van der Waals surface area contributed by atoms with Gasteiger partial charge in [-0.1, -0.05) is 23.2 Å². The first-order valence-corrected chi connectivity index (χ1v) is 6.91. The van der Waals surface area contributed by atoms with Crippen LogP contribution >= 0.6 is 39.1 Å². The third kappa shape index (κ3) is 2.82. The summed E-state index contributed by atoms with van der Waals surface area (Å²) in [6, 6.07) is 5.79. The van der Waals surface area contributed by atoms with Crippen LogP contribution in [-0.4, -0.2) is 9.78 Å². The van der Waals surface area contributed by atoms with Gasteiger partial charge in [0.25, 0.3) is 0 Å². The van der Waals surface area contributed by atoms with Gasteiger partial charge in [-0.2, -0.15) is 5.10 Å². The number of rotatable bonds is 3. The topological polar surface area (TPSA) is 29.9 Å². The molecule has 6 heteroatoms. The zero-order chi connectivity index (χ0) is 13.3. The molecular formula is C12H12BrCl2N3. The molecule has 0 amide bonds. The summed E-state index contributed by atoms with van der Waals surface area (Å²) < 4.78 is 2.63. The van der Waals surface area contributed by atoms with Crippen LogP contribution in [0.1, 0.15) is 11.4 Å². The maximum atomic E-state index is 6.16. The molecule has 0 fully saturated rings. The van der Waals surface area contributed by atoms with E-state index in [0.717, 1.165) is 21.5 Å². The maximum Gasteiger partial charge on any atom is 0.0835 e. The van der Waals surface area contributed by atoms with Crippen molar-refractivity contribution >= 4 is 44.8 Å². The third-order valence-electron chi connectivity index (χ3n) is 2.59. The predicted octanol–water partition coefficient (Wildman–Crippen LogP) is 4.41.